The Morgan fingerprint density at radius 1 is 1.38 bits per heavy atom. The van der Waals surface area contributed by atoms with E-state index in [0.717, 1.165) is 24.0 Å². The van der Waals surface area contributed by atoms with Gasteiger partial charge in [0.05, 0.1) is 0 Å². The number of carbonyl (C=O) groups is 1. The topological polar surface area (TPSA) is 46.3 Å². The number of halogens is 1. The van der Waals surface area contributed by atoms with Crippen LogP contribution in [0.15, 0.2) is 22.7 Å². The highest BCUT2D eigenvalue weighted by molar-refractivity contribution is 9.10. The van der Waals surface area contributed by atoms with E-state index in [-0.39, 0.29) is 5.91 Å². The van der Waals surface area contributed by atoms with E-state index in [1.165, 1.54) is 0 Å². The average molecular weight is 285 g/mol. The molecule has 0 atom stereocenters. The van der Waals surface area contributed by atoms with Crippen LogP contribution in [0, 0.1) is 0 Å². The van der Waals surface area contributed by atoms with Gasteiger partial charge in [0, 0.05) is 28.8 Å². The SMILES string of the molecule is CCCN(CC)C(=O)c1cc(N)cc(Br)c1. The Labute approximate surface area is 105 Å². The minimum absolute atomic E-state index is 0.0392. The smallest absolute Gasteiger partial charge is 0.253 e. The number of hydrogen-bond acceptors (Lipinski definition) is 2. The van der Waals surface area contributed by atoms with Crippen LogP contribution in [-0.2, 0) is 0 Å². The molecule has 0 aromatic heterocycles. The Balaban J connectivity index is 2.94. The molecule has 1 rings (SSSR count). The van der Waals surface area contributed by atoms with Crippen LogP contribution in [-0.4, -0.2) is 23.9 Å². The second-order valence-corrected chi connectivity index (χ2v) is 4.57. The summed E-state index contributed by atoms with van der Waals surface area (Å²) in [6, 6.07) is 5.30. The third-order valence-corrected chi connectivity index (χ3v) is 2.79. The predicted octanol–water partition coefficient (Wildman–Crippen LogP) is 2.90. The molecule has 0 bridgehead atoms. The van der Waals surface area contributed by atoms with Gasteiger partial charge in [-0.25, -0.2) is 0 Å². The molecule has 0 spiro atoms. The van der Waals surface area contributed by atoms with E-state index >= 15 is 0 Å². The Bertz CT molecular complexity index is 359. The zero-order chi connectivity index (χ0) is 12.1. The molecule has 1 aromatic rings. The Hall–Kier alpha value is -1.03. The monoisotopic (exact) mass is 284 g/mol. The number of benzene rings is 1. The van der Waals surface area contributed by atoms with Crippen LogP contribution in [0.1, 0.15) is 30.6 Å². The summed E-state index contributed by atoms with van der Waals surface area (Å²) in [5, 5.41) is 0. The number of nitrogens with zero attached hydrogens (tertiary/aromatic N) is 1. The van der Waals surface area contributed by atoms with Crippen molar-refractivity contribution in [1.82, 2.24) is 4.90 Å². The highest BCUT2D eigenvalue weighted by Crippen LogP contribution is 2.18. The van der Waals surface area contributed by atoms with Crippen molar-refractivity contribution in [3.05, 3.63) is 28.2 Å². The van der Waals surface area contributed by atoms with Crippen LogP contribution in [0.3, 0.4) is 0 Å². The van der Waals surface area contributed by atoms with Crippen molar-refractivity contribution < 1.29 is 4.79 Å². The number of nitrogen functional groups attached to an aromatic ring is 1. The van der Waals surface area contributed by atoms with Gasteiger partial charge >= 0.3 is 0 Å². The normalized spacial score (nSPS) is 10.2. The lowest BCUT2D eigenvalue weighted by Gasteiger charge is -2.20. The van der Waals surface area contributed by atoms with Crippen LogP contribution in [0.25, 0.3) is 0 Å². The molecule has 0 radical (unpaired) electrons. The summed E-state index contributed by atoms with van der Waals surface area (Å²) in [7, 11) is 0. The van der Waals surface area contributed by atoms with Crippen molar-refractivity contribution in [2.24, 2.45) is 0 Å². The Kier molecular flexibility index (Phi) is 4.80. The molecule has 0 aliphatic rings. The largest absolute Gasteiger partial charge is 0.399 e. The van der Waals surface area contributed by atoms with Crippen LogP contribution in [0.5, 0.6) is 0 Å². The fourth-order valence-corrected chi connectivity index (χ4v) is 2.10. The fourth-order valence-electron chi connectivity index (χ4n) is 1.59. The first-order valence-electron chi connectivity index (χ1n) is 5.43. The second-order valence-electron chi connectivity index (χ2n) is 3.66. The van der Waals surface area contributed by atoms with Gasteiger partial charge in [0.15, 0.2) is 0 Å². The summed E-state index contributed by atoms with van der Waals surface area (Å²) in [6.07, 6.45) is 0.961. The van der Waals surface area contributed by atoms with Gasteiger partial charge in [-0.05, 0) is 31.5 Å². The van der Waals surface area contributed by atoms with Crippen molar-refractivity contribution in [1.29, 1.82) is 0 Å². The molecular weight excluding hydrogens is 268 g/mol. The van der Waals surface area contributed by atoms with Crippen LogP contribution >= 0.6 is 15.9 Å². The van der Waals surface area contributed by atoms with E-state index in [1.54, 1.807) is 18.2 Å². The lowest BCUT2D eigenvalue weighted by Crippen LogP contribution is -2.31. The van der Waals surface area contributed by atoms with Gasteiger partial charge in [0.2, 0.25) is 0 Å². The van der Waals surface area contributed by atoms with E-state index in [0.29, 0.717) is 11.3 Å². The number of amides is 1. The molecule has 0 saturated carbocycles. The summed E-state index contributed by atoms with van der Waals surface area (Å²) in [6.45, 7) is 5.54. The van der Waals surface area contributed by atoms with Gasteiger partial charge < -0.3 is 10.6 Å². The van der Waals surface area contributed by atoms with Gasteiger partial charge in [-0.1, -0.05) is 22.9 Å². The van der Waals surface area contributed by atoms with Crippen molar-refractivity contribution in [2.75, 3.05) is 18.8 Å². The molecule has 3 nitrogen and oxygen atoms in total. The van der Waals surface area contributed by atoms with E-state index in [9.17, 15) is 4.79 Å². The van der Waals surface area contributed by atoms with Crippen LogP contribution < -0.4 is 5.73 Å². The highest BCUT2D eigenvalue weighted by Gasteiger charge is 2.13. The predicted molar refractivity (Wildman–Crippen MR) is 70.4 cm³/mol. The number of nitrogens with two attached hydrogens (primary N) is 1. The summed E-state index contributed by atoms with van der Waals surface area (Å²) < 4.78 is 0.836. The maximum atomic E-state index is 12.1. The molecule has 2 N–H and O–H groups in total. The summed E-state index contributed by atoms with van der Waals surface area (Å²) in [5.41, 5.74) is 6.96. The molecule has 1 aromatic carbocycles. The van der Waals surface area contributed by atoms with Gasteiger partial charge in [-0.2, -0.15) is 0 Å². The van der Waals surface area contributed by atoms with Gasteiger partial charge in [0.25, 0.3) is 5.91 Å². The fraction of sp³-hybridized carbons (Fsp3) is 0.417. The summed E-state index contributed by atoms with van der Waals surface area (Å²) in [5.74, 6) is 0.0392. The quantitative estimate of drug-likeness (QED) is 0.865. The third kappa shape index (κ3) is 3.23. The summed E-state index contributed by atoms with van der Waals surface area (Å²) in [4.78, 5) is 13.9. The lowest BCUT2D eigenvalue weighted by molar-refractivity contribution is 0.0764. The molecule has 0 unspecified atom stereocenters. The second kappa shape index (κ2) is 5.89. The molecule has 0 heterocycles. The molecule has 4 heteroatoms. The minimum Gasteiger partial charge on any atom is -0.399 e. The van der Waals surface area contributed by atoms with E-state index in [2.05, 4.69) is 22.9 Å². The number of hydrogen-bond donors (Lipinski definition) is 1. The first-order valence-corrected chi connectivity index (χ1v) is 6.23. The molecule has 88 valence electrons. The third-order valence-electron chi connectivity index (χ3n) is 2.33. The maximum Gasteiger partial charge on any atom is 0.253 e. The molecule has 16 heavy (non-hydrogen) atoms. The maximum absolute atomic E-state index is 12.1. The summed E-state index contributed by atoms with van der Waals surface area (Å²) >= 11 is 3.34. The van der Waals surface area contributed by atoms with Crippen LogP contribution in [0.4, 0.5) is 5.69 Å². The van der Waals surface area contributed by atoms with E-state index < -0.39 is 0 Å². The molecule has 0 saturated heterocycles. The first kappa shape index (κ1) is 13.0. The molecule has 1 amide bonds. The van der Waals surface area contributed by atoms with Gasteiger partial charge in [-0.3, -0.25) is 4.79 Å². The highest BCUT2D eigenvalue weighted by atomic mass is 79.9. The van der Waals surface area contributed by atoms with Gasteiger partial charge in [-0.15, -0.1) is 0 Å². The zero-order valence-electron chi connectivity index (χ0n) is 9.66. The van der Waals surface area contributed by atoms with Gasteiger partial charge in [0.1, 0.15) is 0 Å². The van der Waals surface area contributed by atoms with E-state index in [4.69, 9.17) is 5.73 Å². The van der Waals surface area contributed by atoms with Crippen molar-refractivity contribution in [3.8, 4) is 0 Å². The average Bonchev–Trinajstić information content (AvgIpc) is 2.23. The Morgan fingerprint density at radius 2 is 2.06 bits per heavy atom. The molecule has 0 aliphatic heterocycles. The Morgan fingerprint density at radius 3 is 2.56 bits per heavy atom. The molecule has 0 aliphatic carbocycles. The van der Waals surface area contributed by atoms with Crippen molar-refractivity contribution in [3.63, 3.8) is 0 Å². The minimum atomic E-state index is 0.0392. The van der Waals surface area contributed by atoms with Crippen LogP contribution in [0.2, 0.25) is 0 Å². The van der Waals surface area contributed by atoms with Crippen molar-refractivity contribution in [2.45, 2.75) is 20.3 Å². The van der Waals surface area contributed by atoms with Crippen molar-refractivity contribution >= 4 is 27.5 Å². The van der Waals surface area contributed by atoms with E-state index in [1.807, 2.05) is 11.8 Å². The molecule has 0 fully saturated rings. The zero-order valence-corrected chi connectivity index (χ0v) is 11.3. The molecular formula is C12H17BrN2O. The first-order chi connectivity index (χ1) is 7.58. The number of anilines is 1. The number of carbonyl (C=O) groups excluding carboxylic acids is 1. The lowest BCUT2D eigenvalue weighted by atomic mass is 10.1. The number of rotatable bonds is 4. The standard InChI is InChI=1S/C12H17BrN2O/c1-3-5-15(4-2)12(16)9-6-10(13)8-11(14)7-9/h6-8H,3-5,14H2,1-2H3.